The highest BCUT2D eigenvalue weighted by Crippen LogP contribution is 2.45. The molecule has 0 aliphatic carbocycles. The minimum atomic E-state index is -0.785. The first-order valence-corrected chi connectivity index (χ1v) is 8.31. The summed E-state index contributed by atoms with van der Waals surface area (Å²) in [6.45, 7) is 8.01. The van der Waals surface area contributed by atoms with Crippen molar-refractivity contribution in [1.82, 2.24) is 0 Å². The molecule has 2 rings (SSSR count). The van der Waals surface area contributed by atoms with Crippen molar-refractivity contribution >= 4 is 23.4 Å². The van der Waals surface area contributed by atoms with Crippen LogP contribution in [-0.2, 0) is 11.2 Å². The smallest absolute Gasteiger partial charge is 0.316 e. The first kappa shape index (κ1) is 16.0. The Hall–Kier alpha value is -1.36. The zero-order chi connectivity index (χ0) is 15.9. The van der Waals surface area contributed by atoms with E-state index < -0.39 is 16.8 Å². The van der Waals surface area contributed by atoms with Gasteiger partial charge in [0.15, 0.2) is 0 Å². The third-order valence-corrected chi connectivity index (χ3v) is 5.45. The summed E-state index contributed by atoms with van der Waals surface area (Å²) in [7, 11) is 0. The molecule has 0 radical (unpaired) electrons. The Labute approximate surface area is 130 Å². The van der Waals surface area contributed by atoms with E-state index in [0.29, 0.717) is 12.8 Å². The maximum atomic E-state index is 11.3. The van der Waals surface area contributed by atoms with Crippen molar-refractivity contribution in [2.75, 3.05) is 12.0 Å². The molecule has 116 valence electrons. The predicted molar refractivity (Wildman–Crippen MR) is 87.4 cm³/mol. The van der Waals surface area contributed by atoms with Gasteiger partial charge in [-0.25, -0.2) is 0 Å². The van der Waals surface area contributed by atoms with Gasteiger partial charge in [-0.15, -0.1) is 0 Å². The number of hydrogen-bond acceptors (Lipinski definition) is 4. The average molecular weight is 309 g/mol. The molecule has 1 aliphatic rings. The van der Waals surface area contributed by atoms with Crippen LogP contribution in [0.1, 0.15) is 35.6 Å². The van der Waals surface area contributed by atoms with Crippen LogP contribution in [0.2, 0.25) is 0 Å². The maximum Gasteiger partial charge on any atom is 0.316 e. The van der Waals surface area contributed by atoms with Crippen LogP contribution in [0, 0.1) is 20.8 Å². The molecule has 2 atom stereocenters. The number of fused-ring (bicyclic) bond motifs is 1. The summed E-state index contributed by atoms with van der Waals surface area (Å²) in [5.41, 5.74) is 10.8. The van der Waals surface area contributed by atoms with Crippen LogP contribution in [0.25, 0.3) is 0 Å². The minimum Gasteiger partial charge on any atom is -0.487 e. The fourth-order valence-corrected chi connectivity index (χ4v) is 3.72. The fraction of sp³-hybridized carbons (Fsp3) is 0.562. The lowest BCUT2D eigenvalue weighted by atomic mass is 9.89. The van der Waals surface area contributed by atoms with Gasteiger partial charge in [0.1, 0.15) is 16.6 Å². The van der Waals surface area contributed by atoms with Gasteiger partial charge in [-0.3, -0.25) is 4.79 Å². The molecule has 0 saturated carbocycles. The number of carbonyl (C=O) groups is 1. The number of thioether (sulfide) groups is 1. The first-order valence-electron chi connectivity index (χ1n) is 7.03. The van der Waals surface area contributed by atoms with E-state index in [1.165, 1.54) is 11.8 Å². The fourth-order valence-electron chi connectivity index (χ4n) is 3.00. The van der Waals surface area contributed by atoms with Gasteiger partial charge in [0.2, 0.25) is 0 Å². The Balaban J connectivity index is 2.37. The van der Waals surface area contributed by atoms with E-state index >= 15 is 0 Å². The van der Waals surface area contributed by atoms with E-state index in [9.17, 15) is 9.90 Å². The molecule has 1 aliphatic heterocycles. The molecule has 4 nitrogen and oxygen atoms in total. The number of rotatable bonds is 4. The molecule has 5 heteroatoms. The van der Waals surface area contributed by atoms with Crippen LogP contribution >= 0.6 is 11.8 Å². The molecular formula is C16H23NO3S. The highest BCUT2D eigenvalue weighted by Gasteiger charge is 2.40. The van der Waals surface area contributed by atoms with Gasteiger partial charge in [0.25, 0.3) is 0 Å². The molecule has 1 aromatic carbocycles. The van der Waals surface area contributed by atoms with E-state index in [1.807, 2.05) is 34.0 Å². The highest BCUT2D eigenvalue weighted by atomic mass is 32.2. The third kappa shape index (κ3) is 2.71. The number of carboxylic acid groups (broad SMARTS) is 1. The molecule has 0 saturated heterocycles. The maximum absolute atomic E-state index is 11.3. The Morgan fingerprint density at radius 1 is 1.38 bits per heavy atom. The van der Waals surface area contributed by atoms with Gasteiger partial charge < -0.3 is 15.6 Å². The van der Waals surface area contributed by atoms with Crippen LogP contribution in [-0.4, -0.2) is 28.2 Å². The summed E-state index contributed by atoms with van der Waals surface area (Å²) in [6, 6.07) is 0. The quantitative estimate of drug-likeness (QED) is 0.836. The van der Waals surface area contributed by atoms with Crippen molar-refractivity contribution in [3.05, 3.63) is 22.3 Å². The average Bonchev–Trinajstić information content (AvgIpc) is 2.78. The summed E-state index contributed by atoms with van der Waals surface area (Å²) >= 11 is 1.35. The molecule has 0 fully saturated rings. The van der Waals surface area contributed by atoms with Gasteiger partial charge >= 0.3 is 5.97 Å². The number of nitrogens with two attached hydrogens (primary N) is 1. The zero-order valence-electron chi connectivity index (χ0n) is 13.2. The first-order chi connectivity index (χ1) is 9.70. The number of hydrogen-bond donors (Lipinski definition) is 2. The van der Waals surface area contributed by atoms with Crippen molar-refractivity contribution in [2.45, 2.75) is 51.4 Å². The molecule has 2 unspecified atom stereocenters. The lowest BCUT2D eigenvalue weighted by Crippen LogP contribution is -2.36. The molecule has 21 heavy (non-hydrogen) atoms. The topological polar surface area (TPSA) is 72.5 Å². The summed E-state index contributed by atoms with van der Waals surface area (Å²) in [6.07, 6.45) is 3.02. The zero-order valence-corrected chi connectivity index (χ0v) is 14.1. The number of benzene rings is 1. The van der Waals surface area contributed by atoms with Gasteiger partial charge in [0, 0.05) is 24.1 Å². The van der Waals surface area contributed by atoms with E-state index in [0.717, 1.165) is 33.7 Å². The largest absolute Gasteiger partial charge is 0.487 e. The second kappa shape index (κ2) is 5.44. The van der Waals surface area contributed by atoms with Crippen LogP contribution in [0.5, 0.6) is 5.75 Å². The van der Waals surface area contributed by atoms with Crippen molar-refractivity contribution in [3.63, 3.8) is 0 Å². The third-order valence-electron chi connectivity index (χ3n) is 4.51. The molecule has 0 bridgehead atoms. The molecule has 3 N–H and O–H groups in total. The van der Waals surface area contributed by atoms with Gasteiger partial charge in [0.05, 0.1) is 0 Å². The van der Waals surface area contributed by atoms with Crippen molar-refractivity contribution < 1.29 is 14.6 Å². The van der Waals surface area contributed by atoms with E-state index in [4.69, 9.17) is 10.5 Å². The number of anilines is 1. The summed E-state index contributed by atoms with van der Waals surface area (Å²) in [4.78, 5) is 11.3. The van der Waals surface area contributed by atoms with Crippen LogP contribution < -0.4 is 10.5 Å². The van der Waals surface area contributed by atoms with E-state index in [2.05, 4.69) is 0 Å². The Kier molecular flexibility index (Phi) is 4.15. The Bertz CT molecular complexity index is 561. The molecule has 0 aromatic heterocycles. The number of nitrogen functional groups attached to an aromatic ring is 1. The van der Waals surface area contributed by atoms with Gasteiger partial charge in [-0.1, -0.05) is 0 Å². The number of carboxylic acids is 1. The van der Waals surface area contributed by atoms with E-state index in [1.54, 1.807) is 0 Å². The summed E-state index contributed by atoms with van der Waals surface area (Å²) in [5.74, 6) is 0.111. The van der Waals surface area contributed by atoms with E-state index in [-0.39, 0.29) is 0 Å². The monoisotopic (exact) mass is 309 g/mol. The number of aliphatic carboxylic acids is 1. The summed E-state index contributed by atoms with van der Waals surface area (Å²) in [5, 5.41) is 8.81. The SMILES string of the molecule is CSC(CC1(C)Cc2c(C)c(N)c(C)c(C)c2O1)C(=O)O. The Morgan fingerprint density at radius 3 is 2.52 bits per heavy atom. The lowest BCUT2D eigenvalue weighted by molar-refractivity contribution is -0.137. The standard InChI is InChI=1S/C16H23NO3S/c1-8-9(2)14-11(10(3)13(8)17)6-16(4,20-14)7-12(21-5)15(18)19/h12H,6-7,17H2,1-5H3,(H,18,19). The van der Waals surface area contributed by atoms with Gasteiger partial charge in [-0.05, 0) is 50.6 Å². The summed E-state index contributed by atoms with van der Waals surface area (Å²) < 4.78 is 6.19. The second-order valence-electron chi connectivity index (χ2n) is 6.09. The van der Waals surface area contributed by atoms with Crippen LogP contribution in [0.15, 0.2) is 0 Å². The second-order valence-corrected chi connectivity index (χ2v) is 7.13. The predicted octanol–water partition coefficient (Wildman–Crippen LogP) is 3.09. The van der Waals surface area contributed by atoms with Crippen LogP contribution in [0.4, 0.5) is 5.69 Å². The molecule has 1 aromatic rings. The molecule has 0 spiro atoms. The van der Waals surface area contributed by atoms with Gasteiger partial charge in [-0.2, -0.15) is 11.8 Å². The van der Waals surface area contributed by atoms with Crippen molar-refractivity contribution in [3.8, 4) is 5.75 Å². The number of ether oxygens (including phenoxy) is 1. The Morgan fingerprint density at radius 2 is 2.00 bits per heavy atom. The molecular weight excluding hydrogens is 286 g/mol. The highest BCUT2D eigenvalue weighted by molar-refractivity contribution is 7.99. The molecule has 0 amide bonds. The molecule has 1 heterocycles. The normalized spacial score (nSPS) is 21.8. The lowest BCUT2D eigenvalue weighted by Gasteiger charge is -2.27. The minimum absolute atomic E-state index is 0.455. The van der Waals surface area contributed by atoms with Crippen molar-refractivity contribution in [2.24, 2.45) is 0 Å². The van der Waals surface area contributed by atoms with Crippen LogP contribution in [0.3, 0.4) is 0 Å². The van der Waals surface area contributed by atoms with Crippen molar-refractivity contribution in [1.29, 1.82) is 0 Å².